The van der Waals surface area contributed by atoms with Gasteiger partial charge in [-0.15, -0.1) is 0 Å². The summed E-state index contributed by atoms with van der Waals surface area (Å²) in [7, 11) is 0. The number of hydrogen-bond donors (Lipinski definition) is 3. The molecule has 1 aromatic carbocycles. The number of phenols is 1. The topological polar surface area (TPSA) is 75.3 Å². The third kappa shape index (κ3) is 3.21. The molecule has 0 heterocycles. The van der Waals surface area contributed by atoms with Crippen LogP contribution in [0.4, 0.5) is 0 Å². The summed E-state index contributed by atoms with van der Waals surface area (Å²) < 4.78 is 0.558. The Morgan fingerprint density at radius 1 is 1.56 bits per heavy atom. The highest BCUT2D eigenvalue weighted by Crippen LogP contribution is 2.24. The molecule has 0 aliphatic rings. The Bertz CT molecular complexity index is 405. The second kappa shape index (κ2) is 4.84. The van der Waals surface area contributed by atoms with Crippen LogP contribution in [0.5, 0.6) is 5.75 Å². The Morgan fingerprint density at radius 2 is 2.19 bits per heavy atom. The Morgan fingerprint density at radius 3 is 2.69 bits per heavy atom. The van der Waals surface area contributed by atoms with Crippen LogP contribution in [-0.2, 0) is 0 Å². The zero-order chi connectivity index (χ0) is 12.3. The van der Waals surface area contributed by atoms with Crippen molar-refractivity contribution in [2.45, 2.75) is 19.4 Å². The van der Waals surface area contributed by atoms with E-state index in [2.05, 4.69) is 21.2 Å². The maximum absolute atomic E-state index is 11.8. The second-order valence-corrected chi connectivity index (χ2v) is 5.06. The zero-order valence-corrected chi connectivity index (χ0v) is 10.8. The van der Waals surface area contributed by atoms with Crippen molar-refractivity contribution >= 4 is 21.8 Å². The molecule has 0 aliphatic heterocycles. The van der Waals surface area contributed by atoms with Gasteiger partial charge in [0.05, 0.1) is 4.47 Å². The highest BCUT2D eigenvalue weighted by atomic mass is 79.9. The van der Waals surface area contributed by atoms with Gasteiger partial charge in [-0.2, -0.15) is 0 Å². The third-order valence-corrected chi connectivity index (χ3v) is 2.84. The van der Waals surface area contributed by atoms with Crippen LogP contribution in [0.2, 0.25) is 0 Å². The molecule has 0 radical (unpaired) electrons. The summed E-state index contributed by atoms with van der Waals surface area (Å²) in [6.07, 6.45) is 0. The van der Waals surface area contributed by atoms with Crippen LogP contribution in [0.3, 0.4) is 0 Å². The van der Waals surface area contributed by atoms with Gasteiger partial charge in [0.1, 0.15) is 5.75 Å². The smallest absolute Gasteiger partial charge is 0.251 e. The molecule has 4 N–H and O–H groups in total. The molecule has 0 bridgehead atoms. The van der Waals surface area contributed by atoms with Gasteiger partial charge in [-0.25, -0.2) is 0 Å². The minimum absolute atomic E-state index is 0.0400. The van der Waals surface area contributed by atoms with Crippen molar-refractivity contribution in [3.8, 4) is 5.75 Å². The SMILES string of the molecule is CC(C)(CN)NC(=O)c1ccc(Br)c(O)c1. The van der Waals surface area contributed by atoms with Gasteiger partial charge >= 0.3 is 0 Å². The first kappa shape index (κ1) is 13.0. The average Bonchev–Trinajstić information content (AvgIpc) is 2.21. The molecule has 0 atom stereocenters. The van der Waals surface area contributed by atoms with E-state index in [4.69, 9.17) is 5.73 Å². The second-order valence-electron chi connectivity index (χ2n) is 4.21. The van der Waals surface area contributed by atoms with Gasteiger partial charge in [0.15, 0.2) is 0 Å². The third-order valence-electron chi connectivity index (χ3n) is 2.17. The van der Waals surface area contributed by atoms with Crippen molar-refractivity contribution in [2.24, 2.45) is 5.73 Å². The van der Waals surface area contributed by atoms with E-state index in [0.717, 1.165) is 0 Å². The Kier molecular flexibility index (Phi) is 3.93. The quantitative estimate of drug-likeness (QED) is 0.790. The monoisotopic (exact) mass is 286 g/mol. The summed E-state index contributed by atoms with van der Waals surface area (Å²) in [5.74, 6) is -0.212. The Hall–Kier alpha value is -1.07. The van der Waals surface area contributed by atoms with E-state index in [0.29, 0.717) is 16.6 Å². The largest absolute Gasteiger partial charge is 0.507 e. The van der Waals surface area contributed by atoms with Gasteiger partial charge in [-0.05, 0) is 48.0 Å². The van der Waals surface area contributed by atoms with Crippen molar-refractivity contribution in [3.05, 3.63) is 28.2 Å². The van der Waals surface area contributed by atoms with E-state index in [9.17, 15) is 9.90 Å². The molecule has 1 aromatic rings. The van der Waals surface area contributed by atoms with Gasteiger partial charge < -0.3 is 16.2 Å². The first-order valence-corrected chi connectivity index (χ1v) is 5.66. The lowest BCUT2D eigenvalue weighted by Gasteiger charge is -2.24. The molecule has 0 saturated heterocycles. The molecule has 4 nitrogen and oxygen atoms in total. The molecule has 0 aromatic heterocycles. The minimum atomic E-state index is -0.459. The molecule has 88 valence electrons. The number of hydrogen-bond acceptors (Lipinski definition) is 3. The summed E-state index contributed by atoms with van der Waals surface area (Å²) in [5, 5.41) is 12.2. The summed E-state index contributed by atoms with van der Waals surface area (Å²) in [4.78, 5) is 11.8. The number of halogens is 1. The summed E-state index contributed by atoms with van der Waals surface area (Å²) in [6, 6.07) is 4.66. The molecule has 0 aliphatic carbocycles. The van der Waals surface area contributed by atoms with Crippen LogP contribution in [0.1, 0.15) is 24.2 Å². The van der Waals surface area contributed by atoms with Gasteiger partial charge in [-0.3, -0.25) is 4.79 Å². The Labute approximate surface area is 103 Å². The predicted octanol–water partition coefficient (Wildman–Crippen LogP) is 1.62. The van der Waals surface area contributed by atoms with Crippen LogP contribution in [0, 0.1) is 0 Å². The van der Waals surface area contributed by atoms with Crippen LogP contribution in [-0.4, -0.2) is 23.1 Å². The molecule has 1 rings (SSSR count). The molecular formula is C11H15BrN2O2. The molecule has 0 spiro atoms. The molecular weight excluding hydrogens is 272 g/mol. The lowest BCUT2D eigenvalue weighted by molar-refractivity contribution is 0.0915. The van der Waals surface area contributed by atoms with E-state index in [-0.39, 0.29) is 11.7 Å². The fraction of sp³-hybridized carbons (Fsp3) is 0.364. The highest BCUT2D eigenvalue weighted by molar-refractivity contribution is 9.10. The van der Waals surface area contributed by atoms with Crippen molar-refractivity contribution < 1.29 is 9.90 Å². The normalized spacial score (nSPS) is 11.2. The Balaban J connectivity index is 2.85. The molecule has 0 saturated carbocycles. The fourth-order valence-corrected chi connectivity index (χ4v) is 1.33. The van der Waals surface area contributed by atoms with Crippen molar-refractivity contribution in [1.29, 1.82) is 0 Å². The number of carbonyl (C=O) groups excluding carboxylic acids is 1. The molecule has 0 fully saturated rings. The standard InChI is InChI=1S/C11H15BrN2O2/c1-11(2,6-13)14-10(16)7-3-4-8(12)9(15)5-7/h3-5,15H,6,13H2,1-2H3,(H,14,16). The van der Waals surface area contributed by atoms with E-state index >= 15 is 0 Å². The number of phenolic OH excluding ortho intramolecular Hbond substituents is 1. The van der Waals surface area contributed by atoms with Crippen LogP contribution in [0.15, 0.2) is 22.7 Å². The average molecular weight is 287 g/mol. The van der Waals surface area contributed by atoms with E-state index in [1.54, 1.807) is 12.1 Å². The van der Waals surface area contributed by atoms with Crippen molar-refractivity contribution in [1.82, 2.24) is 5.32 Å². The molecule has 16 heavy (non-hydrogen) atoms. The van der Waals surface area contributed by atoms with Gasteiger partial charge in [0, 0.05) is 17.6 Å². The summed E-state index contributed by atoms with van der Waals surface area (Å²) in [6.45, 7) is 4.02. The fourth-order valence-electron chi connectivity index (χ4n) is 1.08. The van der Waals surface area contributed by atoms with Gasteiger partial charge in [0.25, 0.3) is 5.91 Å². The lowest BCUT2D eigenvalue weighted by Crippen LogP contribution is -2.48. The minimum Gasteiger partial charge on any atom is -0.507 e. The molecule has 1 amide bonds. The molecule has 0 unspecified atom stereocenters. The number of nitrogens with one attached hydrogen (secondary N) is 1. The first-order valence-electron chi connectivity index (χ1n) is 4.87. The summed E-state index contributed by atoms with van der Waals surface area (Å²) >= 11 is 3.15. The van der Waals surface area contributed by atoms with Gasteiger partial charge in [-0.1, -0.05) is 0 Å². The van der Waals surface area contributed by atoms with Crippen molar-refractivity contribution in [3.63, 3.8) is 0 Å². The van der Waals surface area contributed by atoms with E-state index < -0.39 is 5.54 Å². The number of benzene rings is 1. The van der Waals surface area contributed by atoms with Gasteiger partial charge in [0.2, 0.25) is 0 Å². The van der Waals surface area contributed by atoms with Crippen LogP contribution in [0.25, 0.3) is 0 Å². The lowest BCUT2D eigenvalue weighted by atomic mass is 10.1. The number of carbonyl (C=O) groups is 1. The maximum atomic E-state index is 11.8. The number of aromatic hydroxyl groups is 1. The van der Waals surface area contributed by atoms with Crippen LogP contribution < -0.4 is 11.1 Å². The number of rotatable bonds is 3. The number of amides is 1. The highest BCUT2D eigenvalue weighted by Gasteiger charge is 2.19. The van der Waals surface area contributed by atoms with E-state index in [1.165, 1.54) is 6.07 Å². The number of nitrogens with two attached hydrogens (primary N) is 1. The van der Waals surface area contributed by atoms with E-state index in [1.807, 2.05) is 13.8 Å². The van der Waals surface area contributed by atoms with Crippen molar-refractivity contribution in [2.75, 3.05) is 6.54 Å². The predicted molar refractivity (Wildman–Crippen MR) is 66.4 cm³/mol. The maximum Gasteiger partial charge on any atom is 0.251 e. The van der Waals surface area contributed by atoms with Crippen LogP contribution >= 0.6 is 15.9 Å². The molecule has 5 heteroatoms. The summed E-state index contributed by atoms with van der Waals surface area (Å²) in [5.41, 5.74) is 5.46. The zero-order valence-electron chi connectivity index (χ0n) is 9.25. The first-order chi connectivity index (χ1) is 7.35.